The standard InChI is InChI=1S/C15H16N2O5S/c1-3-22-15-8-7-14(9-11(15)2)23(20,21)16-12-5-4-6-13(10-12)17(18)19/h4-10,16H,3H2,1-2H3. The van der Waals surface area contributed by atoms with E-state index >= 15 is 0 Å². The van der Waals surface area contributed by atoms with Gasteiger partial charge >= 0.3 is 0 Å². The van der Waals surface area contributed by atoms with Crippen molar-refractivity contribution in [2.75, 3.05) is 11.3 Å². The van der Waals surface area contributed by atoms with Crippen molar-refractivity contribution in [1.29, 1.82) is 0 Å². The highest BCUT2D eigenvalue weighted by atomic mass is 32.2. The number of ether oxygens (including phenoxy) is 1. The summed E-state index contributed by atoms with van der Waals surface area (Å²) in [6.07, 6.45) is 0. The molecule has 7 nitrogen and oxygen atoms in total. The second kappa shape index (κ2) is 6.66. The third kappa shape index (κ3) is 3.98. The van der Waals surface area contributed by atoms with Gasteiger partial charge in [0.15, 0.2) is 0 Å². The topological polar surface area (TPSA) is 98.5 Å². The van der Waals surface area contributed by atoms with Crippen molar-refractivity contribution >= 4 is 21.4 Å². The minimum Gasteiger partial charge on any atom is -0.494 e. The predicted octanol–water partition coefficient (Wildman–Crippen LogP) is 3.10. The zero-order chi connectivity index (χ0) is 17.0. The second-order valence-electron chi connectivity index (χ2n) is 4.77. The van der Waals surface area contributed by atoms with E-state index in [-0.39, 0.29) is 16.3 Å². The van der Waals surface area contributed by atoms with Gasteiger partial charge in [0.05, 0.1) is 22.1 Å². The Hall–Kier alpha value is -2.61. The highest BCUT2D eigenvalue weighted by Gasteiger charge is 2.17. The zero-order valence-electron chi connectivity index (χ0n) is 12.6. The van der Waals surface area contributed by atoms with Gasteiger partial charge in [0.1, 0.15) is 5.75 Å². The van der Waals surface area contributed by atoms with Crippen LogP contribution in [0.5, 0.6) is 5.75 Å². The van der Waals surface area contributed by atoms with E-state index in [9.17, 15) is 18.5 Å². The molecule has 0 saturated heterocycles. The fourth-order valence-corrected chi connectivity index (χ4v) is 3.14. The normalized spacial score (nSPS) is 11.0. The van der Waals surface area contributed by atoms with Gasteiger partial charge in [-0.3, -0.25) is 14.8 Å². The summed E-state index contributed by atoms with van der Waals surface area (Å²) in [5.41, 5.74) is 0.632. The molecule has 0 bridgehead atoms. The molecule has 2 rings (SSSR count). The van der Waals surface area contributed by atoms with Gasteiger partial charge in [0.25, 0.3) is 15.7 Å². The molecule has 8 heteroatoms. The molecule has 0 atom stereocenters. The summed E-state index contributed by atoms with van der Waals surface area (Å²) in [4.78, 5) is 10.2. The molecule has 0 spiro atoms. The number of non-ortho nitro benzene ring substituents is 1. The summed E-state index contributed by atoms with van der Waals surface area (Å²) in [7, 11) is -3.84. The van der Waals surface area contributed by atoms with E-state index in [1.807, 2.05) is 6.92 Å². The summed E-state index contributed by atoms with van der Waals surface area (Å²) in [5, 5.41) is 10.7. The van der Waals surface area contributed by atoms with Crippen LogP contribution in [0.1, 0.15) is 12.5 Å². The molecule has 0 heterocycles. The van der Waals surface area contributed by atoms with Gasteiger partial charge < -0.3 is 4.74 Å². The molecule has 0 aliphatic rings. The molecule has 0 amide bonds. The second-order valence-corrected chi connectivity index (χ2v) is 6.46. The molecule has 23 heavy (non-hydrogen) atoms. The Morgan fingerprint density at radius 1 is 1.22 bits per heavy atom. The SMILES string of the molecule is CCOc1ccc(S(=O)(=O)Nc2cccc([N+](=O)[O-])c2)cc1C. The van der Waals surface area contributed by atoms with Crippen molar-refractivity contribution < 1.29 is 18.1 Å². The summed E-state index contributed by atoms with van der Waals surface area (Å²) < 4.78 is 32.5. The fraction of sp³-hybridized carbons (Fsp3) is 0.200. The predicted molar refractivity (Wildman–Crippen MR) is 86.3 cm³/mol. The maximum atomic E-state index is 12.4. The average molecular weight is 336 g/mol. The molecule has 1 N–H and O–H groups in total. The van der Waals surface area contributed by atoms with Crippen LogP contribution in [0.15, 0.2) is 47.4 Å². The fourth-order valence-electron chi connectivity index (χ4n) is 2.00. The van der Waals surface area contributed by atoms with Crippen LogP contribution in [-0.2, 0) is 10.0 Å². The number of hydrogen-bond donors (Lipinski definition) is 1. The van der Waals surface area contributed by atoms with Crippen LogP contribution in [0.4, 0.5) is 11.4 Å². The Morgan fingerprint density at radius 3 is 2.57 bits per heavy atom. The zero-order valence-corrected chi connectivity index (χ0v) is 13.5. The van der Waals surface area contributed by atoms with Gasteiger partial charge in [0, 0.05) is 12.1 Å². The summed E-state index contributed by atoms with van der Waals surface area (Å²) in [5.74, 6) is 0.613. The average Bonchev–Trinajstić information content (AvgIpc) is 2.49. The lowest BCUT2D eigenvalue weighted by molar-refractivity contribution is -0.384. The monoisotopic (exact) mass is 336 g/mol. The van der Waals surface area contributed by atoms with E-state index < -0.39 is 14.9 Å². The van der Waals surface area contributed by atoms with E-state index in [1.54, 1.807) is 13.0 Å². The van der Waals surface area contributed by atoms with Crippen molar-refractivity contribution in [2.45, 2.75) is 18.7 Å². The number of aryl methyl sites for hydroxylation is 1. The number of benzene rings is 2. The lowest BCUT2D eigenvalue weighted by atomic mass is 10.2. The van der Waals surface area contributed by atoms with Gasteiger partial charge in [-0.05, 0) is 43.7 Å². The summed E-state index contributed by atoms with van der Waals surface area (Å²) in [6, 6.07) is 9.83. The minimum atomic E-state index is -3.84. The Balaban J connectivity index is 2.30. The molecular weight excluding hydrogens is 320 g/mol. The molecule has 0 radical (unpaired) electrons. The van der Waals surface area contributed by atoms with E-state index in [4.69, 9.17) is 4.74 Å². The Bertz CT molecular complexity index is 834. The van der Waals surface area contributed by atoms with Crippen molar-refractivity contribution in [1.82, 2.24) is 0 Å². The first-order chi connectivity index (χ1) is 10.8. The van der Waals surface area contributed by atoms with Crippen molar-refractivity contribution in [3.63, 3.8) is 0 Å². The third-order valence-corrected chi connectivity index (χ3v) is 4.44. The smallest absolute Gasteiger partial charge is 0.271 e. The third-order valence-electron chi connectivity index (χ3n) is 3.07. The number of rotatable bonds is 6. The Kier molecular flexibility index (Phi) is 4.85. The van der Waals surface area contributed by atoms with Crippen LogP contribution in [0.3, 0.4) is 0 Å². The number of nitrogens with zero attached hydrogens (tertiary/aromatic N) is 1. The molecule has 0 saturated carbocycles. The van der Waals surface area contributed by atoms with Crippen LogP contribution >= 0.6 is 0 Å². The molecule has 2 aromatic rings. The quantitative estimate of drug-likeness (QED) is 0.645. The number of hydrogen-bond acceptors (Lipinski definition) is 5. The van der Waals surface area contributed by atoms with Gasteiger partial charge in [-0.2, -0.15) is 0 Å². The first-order valence-corrected chi connectivity index (χ1v) is 8.32. The Labute approximate surface area is 134 Å². The van der Waals surface area contributed by atoms with Crippen LogP contribution in [0.25, 0.3) is 0 Å². The molecule has 122 valence electrons. The summed E-state index contributed by atoms with van der Waals surface area (Å²) in [6.45, 7) is 4.07. The lowest BCUT2D eigenvalue weighted by Crippen LogP contribution is -2.13. The molecule has 0 aromatic heterocycles. The lowest BCUT2D eigenvalue weighted by Gasteiger charge is -2.11. The molecule has 0 unspecified atom stereocenters. The largest absolute Gasteiger partial charge is 0.494 e. The molecule has 2 aromatic carbocycles. The number of nitrogens with one attached hydrogen (secondary N) is 1. The van der Waals surface area contributed by atoms with Crippen molar-refractivity contribution in [2.24, 2.45) is 0 Å². The van der Waals surface area contributed by atoms with Crippen LogP contribution in [0, 0.1) is 17.0 Å². The molecule has 0 aliphatic carbocycles. The van der Waals surface area contributed by atoms with E-state index in [0.29, 0.717) is 17.9 Å². The van der Waals surface area contributed by atoms with Crippen LogP contribution < -0.4 is 9.46 Å². The first kappa shape index (κ1) is 16.8. The van der Waals surface area contributed by atoms with Gasteiger partial charge in [0.2, 0.25) is 0 Å². The first-order valence-electron chi connectivity index (χ1n) is 6.84. The van der Waals surface area contributed by atoms with E-state index in [0.717, 1.165) is 0 Å². The molecular formula is C15H16N2O5S. The highest BCUT2D eigenvalue weighted by molar-refractivity contribution is 7.92. The highest BCUT2D eigenvalue weighted by Crippen LogP contribution is 2.24. The van der Waals surface area contributed by atoms with Crippen molar-refractivity contribution in [3.8, 4) is 5.75 Å². The molecule has 0 fully saturated rings. The maximum absolute atomic E-state index is 12.4. The Morgan fingerprint density at radius 2 is 1.96 bits per heavy atom. The number of nitro benzene ring substituents is 1. The molecule has 0 aliphatic heterocycles. The van der Waals surface area contributed by atoms with Gasteiger partial charge in [-0.15, -0.1) is 0 Å². The van der Waals surface area contributed by atoms with Crippen LogP contribution in [0.2, 0.25) is 0 Å². The van der Waals surface area contributed by atoms with Gasteiger partial charge in [-0.25, -0.2) is 8.42 Å². The van der Waals surface area contributed by atoms with E-state index in [1.165, 1.54) is 36.4 Å². The van der Waals surface area contributed by atoms with Crippen LogP contribution in [-0.4, -0.2) is 19.9 Å². The number of nitro groups is 1. The maximum Gasteiger partial charge on any atom is 0.271 e. The van der Waals surface area contributed by atoms with E-state index in [2.05, 4.69) is 4.72 Å². The number of anilines is 1. The number of sulfonamides is 1. The van der Waals surface area contributed by atoms with Gasteiger partial charge in [-0.1, -0.05) is 6.07 Å². The van der Waals surface area contributed by atoms with Crippen molar-refractivity contribution in [3.05, 3.63) is 58.1 Å². The minimum absolute atomic E-state index is 0.0601. The summed E-state index contributed by atoms with van der Waals surface area (Å²) >= 11 is 0.